The molecular formula is C17H33N3O. The first-order chi connectivity index (χ1) is 10.0. The monoisotopic (exact) mass is 295 g/mol. The molecule has 1 amide bonds. The van der Waals surface area contributed by atoms with E-state index in [-0.39, 0.29) is 12.2 Å². The Morgan fingerprint density at radius 1 is 1.33 bits per heavy atom. The minimum absolute atomic E-state index is 0.0440. The Morgan fingerprint density at radius 3 is 2.57 bits per heavy atom. The van der Waals surface area contributed by atoms with Crippen LogP contribution in [-0.2, 0) is 4.79 Å². The van der Waals surface area contributed by atoms with Crippen molar-refractivity contribution in [1.82, 2.24) is 15.1 Å². The van der Waals surface area contributed by atoms with Gasteiger partial charge in [0, 0.05) is 13.1 Å². The van der Waals surface area contributed by atoms with Gasteiger partial charge in [0.2, 0.25) is 5.91 Å². The van der Waals surface area contributed by atoms with Crippen molar-refractivity contribution in [3.8, 4) is 0 Å². The standard InChI is InChI=1S/C17H33N3O/c1-5-19(4)10-11-20-16(14-8-6-7-9-14)18-15(17(20)21)12-13(2)3/h13-16,18H,5-12H2,1-4H3. The minimum atomic E-state index is 0.0440. The zero-order chi connectivity index (χ0) is 15.4. The average molecular weight is 295 g/mol. The van der Waals surface area contributed by atoms with Crippen molar-refractivity contribution in [2.45, 2.75) is 65.1 Å². The zero-order valence-corrected chi connectivity index (χ0v) is 14.3. The first-order valence-corrected chi connectivity index (χ1v) is 8.78. The second-order valence-corrected chi connectivity index (χ2v) is 7.27. The van der Waals surface area contributed by atoms with Crippen LogP contribution in [0.1, 0.15) is 52.9 Å². The molecule has 0 aromatic rings. The molecule has 1 saturated heterocycles. The van der Waals surface area contributed by atoms with E-state index in [0.717, 1.165) is 26.1 Å². The molecule has 1 aliphatic heterocycles. The molecular weight excluding hydrogens is 262 g/mol. The summed E-state index contributed by atoms with van der Waals surface area (Å²) < 4.78 is 0. The van der Waals surface area contributed by atoms with Gasteiger partial charge in [-0.05, 0) is 44.7 Å². The lowest BCUT2D eigenvalue weighted by Gasteiger charge is -2.30. The molecule has 21 heavy (non-hydrogen) atoms. The Kier molecular flexibility index (Phi) is 6.06. The van der Waals surface area contributed by atoms with Gasteiger partial charge in [0.05, 0.1) is 12.2 Å². The first kappa shape index (κ1) is 16.8. The molecule has 0 spiro atoms. The van der Waals surface area contributed by atoms with Crippen LogP contribution >= 0.6 is 0 Å². The number of carbonyl (C=O) groups is 1. The third-order valence-electron chi connectivity index (χ3n) is 5.10. The van der Waals surface area contributed by atoms with E-state index in [9.17, 15) is 4.79 Å². The third kappa shape index (κ3) is 4.19. The van der Waals surface area contributed by atoms with E-state index in [1.54, 1.807) is 0 Å². The molecule has 1 saturated carbocycles. The summed E-state index contributed by atoms with van der Waals surface area (Å²) in [5.74, 6) is 1.57. The third-order valence-corrected chi connectivity index (χ3v) is 5.10. The Balaban J connectivity index is 2.01. The summed E-state index contributed by atoms with van der Waals surface area (Å²) in [5, 5.41) is 3.66. The summed E-state index contributed by atoms with van der Waals surface area (Å²) in [7, 11) is 2.13. The van der Waals surface area contributed by atoms with Crippen LogP contribution in [-0.4, -0.2) is 54.6 Å². The number of likely N-dealkylation sites (N-methyl/N-ethyl adjacent to an activating group) is 1. The van der Waals surface area contributed by atoms with Gasteiger partial charge in [-0.3, -0.25) is 10.1 Å². The Morgan fingerprint density at radius 2 is 2.00 bits per heavy atom. The molecule has 2 fully saturated rings. The summed E-state index contributed by atoms with van der Waals surface area (Å²) in [6.45, 7) is 9.45. The van der Waals surface area contributed by atoms with Crippen molar-refractivity contribution in [3.63, 3.8) is 0 Å². The molecule has 0 bridgehead atoms. The molecule has 0 aromatic heterocycles. The zero-order valence-electron chi connectivity index (χ0n) is 14.3. The van der Waals surface area contributed by atoms with E-state index in [0.29, 0.717) is 17.7 Å². The maximum absolute atomic E-state index is 12.8. The van der Waals surface area contributed by atoms with Crippen LogP contribution in [0.25, 0.3) is 0 Å². The largest absolute Gasteiger partial charge is 0.324 e. The van der Waals surface area contributed by atoms with Gasteiger partial charge in [-0.15, -0.1) is 0 Å². The second-order valence-electron chi connectivity index (χ2n) is 7.27. The molecule has 122 valence electrons. The number of nitrogens with one attached hydrogen (secondary N) is 1. The smallest absolute Gasteiger partial charge is 0.241 e. The molecule has 1 N–H and O–H groups in total. The predicted molar refractivity (Wildman–Crippen MR) is 87.0 cm³/mol. The quantitative estimate of drug-likeness (QED) is 0.783. The molecule has 1 aliphatic carbocycles. The fourth-order valence-electron chi connectivity index (χ4n) is 3.69. The highest BCUT2D eigenvalue weighted by atomic mass is 16.2. The fraction of sp³-hybridized carbons (Fsp3) is 0.941. The van der Waals surface area contributed by atoms with Gasteiger partial charge in [-0.1, -0.05) is 33.6 Å². The molecule has 2 atom stereocenters. The highest BCUT2D eigenvalue weighted by Gasteiger charge is 2.42. The Bertz CT molecular complexity index is 339. The van der Waals surface area contributed by atoms with E-state index in [1.807, 2.05) is 0 Å². The van der Waals surface area contributed by atoms with Crippen LogP contribution in [0.5, 0.6) is 0 Å². The maximum atomic E-state index is 12.8. The van der Waals surface area contributed by atoms with E-state index in [2.05, 4.69) is 42.9 Å². The predicted octanol–water partition coefficient (Wildman–Crippen LogP) is 2.30. The van der Waals surface area contributed by atoms with Crippen LogP contribution in [0.3, 0.4) is 0 Å². The number of hydrogen-bond donors (Lipinski definition) is 1. The lowest BCUT2D eigenvalue weighted by molar-refractivity contribution is -0.131. The first-order valence-electron chi connectivity index (χ1n) is 8.78. The van der Waals surface area contributed by atoms with Gasteiger partial charge in [-0.25, -0.2) is 0 Å². The van der Waals surface area contributed by atoms with Crippen molar-refractivity contribution in [2.24, 2.45) is 11.8 Å². The molecule has 0 radical (unpaired) electrons. The molecule has 4 nitrogen and oxygen atoms in total. The van der Waals surface area contributed by atoms with Gasteiger partial charge in [0.15, 0.2) is 0 Å². The summed E-state index contributed by atoms with van der Waals surface area (Å²) in [4.78, 5) is 17.2. The van der Waals surface area contributed by atoms with Gasteiger partial charge >= 0.3 is 0 Å². The lowest BCUT2D eigenvalue weighted by atomic mass is 10.0. The normalized spacial score (nSPS) is 27.5. The number of rotatable bonds is 7. The van der Waals surface area contributed by atoms with Crippen LogP contribution in [0.15, 0.2) is 0 Å². The fourth-order valence-corrected chi connectivity index (χ4v) is 3.69. The van der Waals surface area contributed by atoms with Crippen molar-refractivity contribution in [3.05, 3.63) is 0 Å². The highest BCUT2D eigenvalue weighted by molar-refractivity contribution is 5.84. The van der Waals surface area contributed by atoms with Gasteiger partial charge < -0.3 is 9.80 Å². The van der Waals surface area contributed by atoms with Crippen molar-refractivity contribution < 1.29 is 4.79 Å². The number of amides is 1. The summed E-state index contributed by atoms with van der Waals surface area (Å²) in [6, 6.07) is 0.0440. The van der Waals surface area contributed by atoms with E-state index < -0.39 is 0 Å². The summed E-state index contributed by atoms with van der Waals surface area (Å²) in [5.41, 5.74) is 0. The summed E-state index contributed by atoms with van der Waals surface area (Å²) in [6.07, 6.45) is 6.46. The van der Waals surface area contributed by atoms with Crippen molar-refractivity contribution in [2.75, 3.05) is 26.7 Å². The number of carbonyl (C=O) groups excluding carboxylic acids is 1. The van der Waals surface area contributed by atoms with Crippen molar-refractivity contribution in [1.29, 1.82) is 0 Å². The highest BCUT2D eigenvalue weighted by Crippen LogP contribution is 2.32. The van der Waals surface area contributed by atoms with Crippen LogP contribution in [0.2, 0.25) is 0 Å². The Hall–Kier alpha value is -0.610. The number of hydrogen-bond acceptors (Lipinski definition) is 3. The molecule has 2 rings (SSSR count). The van der Waals surface area contributed by atoms with Crippen LogP contribution in [0.4, 0.5) is 0 Å². The van der Waals surface area contributed by atoms with Gasteiger partial charge in [0.1, 0.15) is 0 Å². The SMILES string of the molecule is CCN(C)CCN1C(=O)C(CC(C)C)NC1C1CCCC1. The van der Waals surface area contributed by atoms with Crippen molar-refractivity contribution >= 4 is 5.91 Å². The minimum Gasteiger partial charge on any atom is -0.324 e. The maximum Gasteiger partial charge on any atom is 0.241 e. The molecule has 0 aromatic carbocycles. The van der Waals surface area contributed by atoms with E-state index >= 15 is 0 Å². The van der Waals surface area contributed by atoms with Gasteiger partial charge in [-0.2, -0.15) is 0 Å². The lowest BCUT2D eigenvalue weighted by Crippen LogP contribution is -2.45. The van der Waals surface area contributed by atoms with Crippen LogP contribution < -0.4 is 5.32 Å². The van der Waals surface area contributed by atoms with Crippen LogP contribution in [0, 0.1) is 11.8 Å². The average Bonchev–Trinajstić information content (AvgIpc) is 3.05. The summed E-state index contributed by atoms with van der Waals surface area (Å²) >= 11 is 0. The second kappa shape index (κ2) is 7.59. The number of nitrogens with zero attached hydrogens (tertiary/aromatic N) is 2. The van der Waals surface area contributed by atoms with Gasteiger partial charge in [0.25, 0.3) is 0 Å². The van der Waals surface area contributed by atoms with E-state index in [4.69, 9.17) is 0 Å². The Labute approximate surface area is 130 Å². The van der Waals surface area contributed by atoms with E-state index in [1.165, 1.54) is 25.7 Å². The molecule has 2 unspecified atom stereocenters. The topological polar surface area (TPSA) is 35.6 Å². The molecule has 4 heteroatoms. The molecule has 1 heterocycles. The molecule has 2 aliphatic rings.